The Kier molecular flexibility index (Phi) is 14.8. The molecule has 0 aromatic heterocycles. The SMILES string of the molecule is CC(C)CCC[C@@H](C)[C@H]1CC[C@H]2[C@@H]3CC=C4C[C@@H](OC(=O)[C@@H](NC(=O)[C@@H](NC(=O)c5cc(I)cc(I)c5I)C(C)C)C(C)C)CC[C@]4(C)[C@H]3CC[C@]12C. The van der Waals surface area contributed by atoms with Crippen molar-refractivity contribution < 1.29 is 19.1 Å². The first-order chi connectivity index (χ1) is 24.9. The summed E-state index contributed by atoms with van der Waals surface area (Å²) in [5.74, 6) is 3.40. The lowest BCUT2D eigenvalue weighted by Gasteiger charge is -2.58. The topological polar surface area (TPSA) is 84.5 Å². The quantitative estimate of drug-likeness (QED) is 0.0892. The van der Waals surface area contributed by atoms with Gasteiger partial charge in [0, 0.05) is 17.1 Å². The van der Waals surface area contributed by atoms with E-state index >= 15 is 0 Å². The van der Waals surface area contributed by atoms with E-state index in [2.05, 4.69) is 119 Å². The highest BCUT2D eigenvalue weighted by Crippen LogP contribution is 2.67. The lowest BCUT2D eigenvalue weighted by atomic mass is 9.47. The number of fused-ring (bicyclic) bond motifs is 5. The highest BCUT2D eigenvalue weighted by Gasteiger charge is 2.59. The van der Waals surface area contributed by atoms with E-state index in [4.69, 9.17) is 4.74 Å². The van der Waals surface area contributed by atoms with Gasteiger partial charge in [-0.25, -0.2) is 4.79 Å². The number of carbonyl (C=O) groups excluding carboxylic acids is 3. The van der Waals surface area contributed by atoms with E-state index in [1.807, 2.05) is 39.8 Å². The van der Waals surface area contributed by atoms with Gasteiger partial charge in [0.25, 0.3) is 5.91 Å². The van der Waals surface area contributed by atoms with Gasteiger partial charge < -0.3 is 15.4 Å². The lowest BCUT2D eigenvalue weighted by Crippen LogP contribution is -2.55. The van der Waals surface area contributed by atoms with Crippen molar-refractivity contribution in [3.63, 3.8) is 0 Å². The van der Waals surface area contributed by atoms with Crippen LogP contribution in [0.1, 0.15) is 143 Å². The second-order valence-corrected chi connectivity index (χ2v) is 22.3. The Balaban J connectivity index is 1.21. The molecule has 2 amide bonds. The Morgan fingerprint density at radius 3 is 2.21 bits per heavy atom. The molecule has 3 fully saturated rings. The number of esters is 1. The van der Waals surface area contributed by atoms with Gasteiger partial charge >= 0.3 is 5.97 Å². The van der Waals surface area contributed by atoms with Gasteiger partial charge in [-0.2, -0.15) is 0 Å². The van der Waals surface area contributed by atoms with Gasteiger partial charge in [0.05, 0.1) is 5.56 Å². The van der Waals surface area contributed by atoms with E-state index < -0.39 is 12.1 Å². The van der Waals surface area contributed by atoms with Crippen molar-refractivity contribution in [2.24, 2.45) is 58.2 Å². The van der Waals surface area contributed by atoms with Crippen LogP contribution < -0.4 is 10.6 Å². The fourth-order valence-electron chi connectivity index (χ4n) is 11.2. The average Bonchev–Trinajstić information content (AvgIpc) is 3.44. The summed E-state index contributed by atoms with van der Waals surface area (Å²) >= 11 is 6.61. The van der Waals surface area contributed by atoms with E-state index in [1.165, 1.54) is 50.5 Å². The number of hydrogen-bond donors (Lipinski definition) is 2. The number of benzene rings is 1. The van der Waals surface area contributed by atoms with Crippen molar-refractivity contribution in [1.29, 1.82) is 0 Å². The molecule has 53 heavy (non-hydrogen) atoms. The van der Waals surface area contributed by atoms with Crippen LogP contribution in [0.2, 0.25) is 0 Å². The Morgan fingerprint density at radius 2 is 1.55 bits per heavy atom. The molecule has 4 aliphatic carbocycles. The van der Waals surface area contributed by atoms with Crippen molar-refractivity contribution in [1.82, 2.24) is 10.6 Å². The zero-order chi connectivity index (χ0) is 39.0. The van der Waals surface area contributed by atoms with Crippen LogP contribution in [-0.4, -0.2) is 36.0 Å². The summed E-state index contributed by atoms with van der Waals surface area (Å²) in [7, 11) is 0. The molecule has 2 N–H and O–H groups in total. The number of hydrogen-bond acceptors (Lipinski definition) is 4. The summed E-state index contributed by atoms with van der Waals surface area (Å²) in [5.41, 5.74) is 2.69. The first kappa shape index (κ1) is 43.7. The minimum Gasteiger partial charge on any atom is -0.461 e. The van der Waals surface area contributed by atoms with Crippen LogP contribution in [0.25, 0.3) is 0 Å². The van der Waals surface area contributed by atoms with Crippen molar-refractivity contribution >= 4 is 85.6 Å². The van der Waals surface area contributed by atoms with Gasteiger partial charge in [-0.15, -0.1) is 0 Å². The standard InChI is InChI=1S/C44H65I3N2O4/c1-24(2)11-10-12-27(7)33-15-16-34-31-14-13-28-21-30(17-19-43(28,8)35(31)18-20-44(33,34)9)53-42(52)39(26(5)6)49-41(51)38(25(3)4)48-40(50)32-22-29(45)23-36(46)37(32)47/h13,22-27,30-31,33-35,38-39H,10-12,14-21H2,1-9H3,(H,48,50)(H,49,51)/t27-,30+,31+,33-,34+,35+,38+,39+,43+,44-/m1/s1. The van der Waals surface area contributed by atoms with E-state index in [1.54, 1.807) is 0 Å². The molecule has 5 rings (SSSR count). The minimum atomic E-state index is -0.795. The van der Waals surface area contributed by atoms with Crippen molar-refractivity contribution in [3.8, 4) is 0 Å². The predicted octanol–water partition coefficient (Wildman–Crippen LogP) is 11.3. The zero-order valence-electron chi connectivity index (χ0n) is 33.6. The summed E-state index contributed by atoms with van der Waals surface area (Å²) in [4.78, 5) is 40.9. The van der Waals surface area contributed by atoms with Crippen LogP contribution in [-0.2, 0) is 14.3 Å². The molecule has 0 saturated heterocycles. The summed E-state index contributed by atoms with van der Waals surface area (Å²) in [6, 6.07) is 2.27. The number of ether oxygens (including phenoxy) is 1. The molecule has 0 spiro atoms. The molecule has 3 saturated carbocycles. The van der Waals surface area contributed by atoms with E-state index in [-0.39, 0.29) is 41.1 Å². The van der Waals surface area contributed by atoms with Gasteiger partial charge in [0.15, 0.2) is 0 Å². The molecular weight excluding hydrogens is 1000 g/mol. The van der Waals surface area contributed by atoms with Crippen LogP contribution >= 0.6 is 67.8 Å². The third-order valence-electron chi connectivity index (χ3n) is 14.2. The first-order valence-corrected chi connectivity index (χ1v) is 23.8. The average molecular weight is 1070 g/mol. The molecule has 1 aromatic rings. The van der Waals surface area contributed by atoms with Crippen molar-refractivity contribution in [3.05, 3.63) is 40.1 Å². The first-order valence-electron chi connectivity index (χ1n) is 20.5. The van der Waals surface area contributed by atoms with Gasteiger partial charge in [0.2, 0.25) is 5.91 Å². The van der Waals surface area contributed by atoms with Gasteiger partial charge in [0.1, 0.15) is 18.2 Å². The third-order valence-corrected chi connectivity index (χ3v) is 17.9. The molecule has 296 valence electrons. The Morgan fingerprint density at radius 1 is 0.849 bits per heavy atom. The molecule has 0 unspecified atom stereocenters. The normalized spacial score (nSPS) is 31.2. The summed E-state index contributed by atoms with van der Waals surface area (Å²) in [6.07, 6.45) is 15.8. The fraction of sp³-hybridized carbons (Fsp3) is 0.750. The molecule has 10 atom stereocenters. The summed E-state index contributed by atoms with van der Waals surface area (Å²) in [6.45, 7) is 20.1. The van der Waals surface area contributed by atoms with Crippen LogP contribution in [0, 0.1) is 68.9 Å². The Hall–Kier alpha value is -0.440. The van der Waals surface area contributed by atoms with Crippen LogP contribution in [0.3, 0.4) is 0 Å². The minimum absolute atomic E-state index is 0.165. The molecule has 0 bridgehead atoms. The highest BCUT2D eigenvalue weighted by atomic mass is 127. The van der Waals surface area contributed by atoms with E-state index in [0.717, 1.165) is 66.0 Å². The molecular formula is C44H65I3N2O4. The molecule has 1 aromatic carbocycles. The number of carbonyl (C=O) groups is 3. The highest BCUT2D eigenvalue weighted by molar-refractivity contribution is 14.1. The zero-order valence-corrected chi connectivity index (χ0v) is 40.1. The van der Waals surface area contributed by atoms with E-state index in [9.17, 15) is 14.4 Å². The molecule has 0 aliphatic heterocycles. The Bertz CT molecular complexity index is 1540. The Labute approximate surface area is 361 Å². The number of halogens is 3. The van der Waals surface area contributed by atoms with Crippen molar-refractivity contribution in [2.75, 3.05) is 0 Å². The van der Waals surface area contributed by atoms with Gasteiger partial charge in [-0.05, 0) is 183 Å². The van der Waals surface area contributed by atoms with Crippen LogP contribution in [0.4, 0.5) is 0 Å². The molecule has 4 aliphatic rings. The van der Waals surface area contributed by atoms with Crippen LogP contribution in [0.15, 0.2) is 23.8 Å². The molecule has 0 heterocycles. The second kappa shape index (κ2) is 18.0. The maximum Gasteiger partial charge on any atom is 0.329 e. The van der Waals surface area contributed by atoms with Crippen LogP contribution in [0.5, 0.6) is 0 Å². The number of amides is 2. The summed E-state index contributed by atoms with van der Waals surface area (Å²) in [5, 5.41) is 5.95. The maximum absolute atomic E-state index is 13.8. The van der Waals surface area contributed by atoms with E-state index in [0.29, 0.717) is 16.9 Å². The largest absolute Gasteiger partial charge is 0.461 e. The molecule has 9 heteroatoms. The maximum atomic E-state index is 13.8. The number of nitrogens with one attached hydrogen (secondary N) is 2. The third kappa shape index (κ3) is 9.48. The predicted molar refractivity (Wildman–Crippen MR) is 240 cm³/mol. The van der Waals surface area contributed by atoms with Crippen molar-refractivity contribution in [2.45, 2.75) is 151 Å². The second-order valence-electron chi connectivity index (χ2n) is 18.8. The number of allylic oxidation sites excluding steroid dienone is 1. The number of rotatable bonds is 13. The monoisotopic (exact) mass is 1070 g/mol. The van der Waals surface area contributed by atoms with Gasteiger partial charge in [-0.1, -0.05) is 93.2 Å². The summed E-state index contributed by atoms with van der Waals surface area (Å²) < 4.78 is 9.07. The smallest absolute Gasteiger partial charge is 0.329 e. The fourth-order valence-corrected chi connectivity index (χ4v) is 13.6. The molecule has 6 nitrogen and oxygen atoms in total. The van der Waals surface area contributed by atoms with Gasteiger partial charge in [-0.3, -0.25) is 9.59 Å². The molecule has 0 radical (unpaired) electrons. The lowest BCUT2D eigenvalue weighted by molar-refractivity contribution is -0.157.